The standard InChI is InChI=1S/C26H21ClF3NO6/c1-13-7-8-18(37-13)22-21(23(32)16-10-20(36-3)17(27)11-19(16)35-2)24(33)25(34)31(22)12-14-5-4-6-15(9-14)26(28,29)30/h4-11,22,32H,12H2,1-3H3/b23-21+. The van der Waals surface area contributed by atoms with Gasteiger partial charge in [0, 0.05) is 12.6 Å². The molecule has 0 bridgehead atoms. The maximum absolute atomic E-state index is 13.3. The number of rotatable bonds is 6. The number of benzene rings is 2. The van der Waals surface area contributed by atoms with Crippen LogP contribution in [0.15, 0.2) is 58.5 Å². The van der Waals surface area contributed by atoms with Gasteiger partial charge in [0.15, 0.2) is 0 Å². The Morgan fingerprint density at radius 2 is 1.78 bits per heavy atom. The molecule has 37 heavy (non-hydrogen) atoms. The van der Waals surface area contributed by atoms with Crippen molar-refractivity contribution < 1.29 is 41.8 Å². The molecule has 11 heteroatoms. The first kappa shape index (κ1) is 26.2. The van der Waals surface area contributed by atoms with E-state index < -0.39 is 35.2 Å². The van der Waals surface area contributed by atoms with E-state index in [9.17, 15) is 27.9 Å². The van der Waals surface area contributed by atoms with Gasteiger partial charge in [-0.25, -0.2) is 0 Å². The van der Waals surface area contributed by atoms with E-state index >= 15 is 0 Å². The molecule has 1 amide bonds. The second-order valence-corrected chi connectivity index (χ2v) is 8.67. The summed E-state index contributed by atoms with van der Waals surface area (Å²) < 4.78 is 56.0. The van der Waals surface area contributed by atoms with Crippen molar-refractivity contribution in [3.63, 3.8) is 0 Å². The van der Waals surface area contributed by atoms with Crippen LogP contribution in [-0.4, -0.2) is 35.9 Å². The molecule has 1 fully saturated rings. The van der Waals surface area contributed by atoms with Crippen LogP contribution in [0.4, 0.5) is 13.2 Å². The minimum absolute atomic E-state index is 0.0223. The molecule has 4 rings (SSSR count). The van der Waals surface area contributed by atoms with Crippen LogP contribution in [0.25, 0.3) is 5.76 Å². The average molecular weight is 536 g/mol. The number of hydrogen-bond acceptors (Lipinski definition) is 6. The van der Waals surface area contributed by atoms with Crippen molar-refractivity contribution in [3.05, 3.63) is 87.3 Å². The maximum Gasteiger partial charge on any atom is 0.416 e. The number of aryl methyl sites for hydroxylation is 1. The number of carbonyl (C=O) groups is 2. The second-order valence-electron chi connectivity index (χ2n) is 8.26. The van der Waals surface area contributed by atoms with Crippen LogP contribution in [0.3, 0.4) is 0 Å². The summed E-state index contributed by atoms with van der Waals surface area (Å²) in [6, 6.07) is 9.06. The highest BCUT2D eigenvalue weighted by Gasteiger charge is 2.48. The van der Waals surface area contributed by atoms with Crippen LogP contribution in [0.1, 0.15) is 34.3 Å². The number of carbonyl (C=O) groups excluding carboxylic acids is 2. The zero-order valence-electron chi connectivity index (χ0n) is 19.9. The van der Waals surface area contributed by atoms with Gasteiger partial charge in [-0.2, -0.15) is 13.2 Å². The van der Waals surface area contributed by atoms with E-state index in [-0.39, 0.29) is 45.5 Å². The van der Waals surface area contributed by atoms with Crippen molar-refractivity contribution in [2.24, 2.45) is 0 Å². The number of methoxy groups -OCH3 is 2. The van der Waals surface area contributed by atoms with E-state index in [1.54, 1.807) is 13.0 Å². The summed E-state index contributed by atoms with van der Waals surface area (Å²) in [7, 11) is 2.69. The normalized spacial score (nSPS) is 17.4. The number of nitrogens with zero attached hydrogens (tertiary/aromatic N) is 1. The largest absolute Gasteiger partial charge is 0.507 e. The third-order valence-corrected chi connectivity index (χ3v) is 6.20. The minimum atomic E-state index is -4.59. The molecule has 3 aromatic rings. The quantitative estimate of drug-likeness (QED) is 0.240. The van der Waals surface area contributed by atoms with Crippen molar-refractivity contribution in [1.82, 2.24) is 4.90 Å². The molecule has 1 aliphatic rings. The molecule has 2 aromatic carbocycles. The maximum atomic E-state index is 13.3. The summed E-state index contributed by atoms with van der Waals surface area (Å²) >= 11 is 6.15. The molecule has 1 N–H and O–H groups in total. The fourth-order valence-corrected chi connectivity index (χ4v) is 4.40. The Kier molecular flexibility index (Phi) is 6.96. The van der Waals surface area contributed by atoms with E-state index in [0.29, 0.717) is 5.76 Å². The molecule has 1 aromatic heterocycles. The van der Waals surface area contributed by atoms with Crippen LogP contribution in [0.2, 0.25) is 5.02 Å². The van der Waals surface area contributed by atoms with Gasteiger partial charge in [-0.3, -0.25) is 9.59 Å². The Bertz CT molecular complexity index is 1410. The Morgan fingerprint density at radius 1 is 1.08 bits per heavy atom. The lowest BCUT2D eigenvalue weighted by atomic mass is 9.98. The highest BCUT2D eigenvalue weighted by atomic mass is 35.5. The molecule has 2 heterocycles. The molecule has 0 saturated carbocycles. The van der Waals surface area contributed by atoms with Crippen LogP contribution < -0.4 is 9.47 Å². The molecule has 0 aliphatic carbocycles. The fraction of sp³-hybridized carbons (Fsp3) is 0.231. The monoisotopic (exact) mass is 535 g/mol. The average Bonchev–Trinajstić information content (AvgIpc) is 3.39. The summed E-state index contributed by atoms with van der Waals surface area (Å²) in [4.78, 5) is 27.4. The van der Waals surface area contributed by atoms with Gasteiger partial charge in [0.05, 0.1) is 35.9 Å². The van der Waals surface area contributed by atoms with Gasteiger partial charge in [0.25, 0.3) is 11.7 Å². The van der Waals surface area contributed by atoms with Crippen molar-refractivity contribution in [3.8, 4) is 11.5 Å². The van der Waals surface area contributed by atoms with Crippen LogP contribution in [-0.2, 0) is 22.3 Å². The molecule has 1 aliphatic heterocycles. The summed E-state index contributed by atoms with van der Waals surface area (Å²) in [5.41, 5.74) is -1.07. The molecule has 1 atom stereocenters. The second kappa shape index (κ2) is 9.85. The van der Waals surface area contributed by atoms with E-state index in [0.717, 1.165) is 17.0 Å². The number of ketones is 1. The number of hydrogen-bond donors (Lipinski definition) is 1. The Labute approximate surface area is 214 Å². The first-order valence-corrected chi connectivity index (χ1v) is 11.3. The van der Waals surface area contributed by atoms with Gasteiger partial charge in [-0.05, 0) is 42.8 Å². The minimum Gasteiger partial charge on any atom is -0.507 e. The highest BCUT2D eigenvalue weighted by molar-refractivity contribution is 6.46. The fourth-order valence-electron chi connectivity index (χ4n) is 4.17. The van der Waals surface area contributed by atoms with Gasteiger partial charge >= 0.3 is 6.18 Å². The number of amides is 1. The van der Waals surface area contributed by atoms with Crippen LogP contribution >= 0.6 is 11.6 Å². The first-order chi connectivity index (χ1) is 17.5. The van der Waals surface area contributed by atoms with E-state index in [1.807, 2.05) is 0 Å². The number of Topliss-reactive ketones (excluding diaryl/α,β-unsaturated/α-hetero) is 1. The third kappa shape index (κ3) is 4.89. The molecule has 7 nitrogen and oxygen atoms in total. The van der Waals surface area contributed by atoms with E-state index in [1.165, 1.54) is 44.6 Å². The molecule has 0 spiro atoms. The molecule has 0 radical (unpaired) electrons. The molecular formula is C26H21ClF3NO6. The lowest BCUT2D eigenvalue weighted by Gasteiger charge is -2.24. The Morgan fingerprint density at radius 3 is 2.38 bits per heavy atom. The number of aliphatic hydroxyl groups excluding tert-OH is 1. The van der Waals surface area contributed by atoms with E-state index in [4.69, 9.17) is 25.5 Å². The van der Waals surface area contributed by atoms with Gasteiger partial charge in [-0.1, -0.05) is 23.7 Å². The predicted octanol–water partition coefficient (Wildman–Crippen LogP) is 5.90. The Hall–Kier alpha value is -3.92. The lowest BCUT2D eigenvalue weighted by Crippen LogP contribution is -2.29. The van der Waals surface area contributed by atoms with Crippen molar-refractivity contribution >= 4 is 29.1 Å². The van der Waals surface area contributed by atoms with Crippen LogP contribution in [0, 0.1) is 6.92 Å². The van der Waals surface area contributed by atoms with Crippen LogP contribution in [0.5, 0.6) is 11.5 Å². The zero-order valence-corrected chi connectivity index (χ0v) is 20.6. The summed E-state index contributed by atoms with van der Waals surface area (Å²) in [5, 5.41) is 11.5. The van der Waals surface area contributed by atoms with E-state index in [2.05, 4.69) is 0 Å². The number of furan rings is 1. The molecular weight excluding hydrogens is 515 g/mol. The number of alkyl halides is 3. The summed E-state index contributed by atoms with van der Waals surface area (Å²) in [6.07, 6.45) is -4.59. The SMILES string of the molecule is COc1cc(/C(O)=C2\C(=O)C(=O)N(Cc3cccc(C(F)(F)F)c3)C2c2ccc(C)o2)c(OC)cc1Cl. The summed E-state index contributed by atoms with van der Waals surface area (Å²) in [5.74, 6) is -1.77. The van der Waals surface area contributed by atoms with Gasteiger partial charge < -0.3 is 23.9 Å². The van der Waals surface area contributed by atoms with Crippen molar-refractivity contribution in [1.29, 1.82) is 0 Å². The molecule has 194 valence electrons. The molecule has 1 unspecified atom stereocenters. The first-order valence-electron chi connectivity index (χ1n) is 10.9. The van der Waals surface area contributed by atoms with Gasteiger partial charge in [0.1, 0.15) is 34.8 Å². The molecule has 1 saturated heterocycles. The Balaban J connectivity index is 1.88. The summed E-state index contributed by atoms with van der Waals surface area (Å²) in [6.45, 7) is 1.30. The van der Waals surface area contributed by atoms with Gasteiger partial charge in [0.2, 0.25) is 0 Å². The lowest BCUT2D eigenvalue weighted by molar-refractivity contribution is -0.140. The van der Waals surface area contributed by atoms with Crippen molar-refractivity contribution in [2.45, 2.75) is 25.7 Å². The highest BCUT2D eigenvalue weighted by Crippen LogP contribution is 2.44. The zero-order chi connectivity index (χ0) is 27.1. The smallest absolute Gasteiger partial charge is 0.416 e. The van der Waals surface area contributed by atoms with Gasteiger partial charge in [-0.15, -0.1) is 0 Å². The number of halogens is 4. The topological polar surface area (TPSA) is 89.2 Å². The third-order valence-electron chi connectivity index (χ3n) is 5.91. The van der Waals surface area contributed by atoms with Crippen molar-refractivity contribution in [2.75, 3.05) is 14.2 Å². The number of likely N-dealkylation sites (tertiary alicyclic amines) is 1. The predicted molar refractivity (Wildman–Crippen MR) is 127 cm³/mol. The number of aliphatic hydroxyl groups is 1. The number of ether oxygens (including phenoxy) is 2.